The molecule has 1 N–H and O–H groups in total. The Labute approximate surface area is 102 Å². The summed E-state index contributed by atoms with van der Waals surface area (Å²) in [4.78, 5) is 11.1. The Bertz CT molecular complexity index is 357. The van der Waals surface area contributed by atoms with Gasteiger partial charge < -0.3 is 4.74 Å². The van der Waals surface area contributed by atoms with Crippen LogP contribution in [0.3, 0.4) is 0 Å². The largest absolute Gasteiger partial charge is 0.448 e. The van der Waals surface area contributed by atoms with Gasteiger partial charge in [0.25, 0.3) is 0 Å². The van der Waals surface area contributed by atoms with Crippen molar-refractivity contribution in [2.75, 3.05) is 17.8 Å². The van der Waals surface area contributed by atoms with Crippen molar-refractivity contribution in [2.45, 2.75) is 0 Å². The van der Waals surface area contributed by atoms with Crippen molar-refractivity contribution in [3.63, 3.8) is 0 Å². The smallest absolute Gasteiger partial charge is 0.411 e. The molecule has 6 heteroatoms. The molecule has 0 heterocycles. The van der Waals surface area contributed by atoms with Gasteiger partial charge in [0, 0.05) is 0 Å². The van der Waals surface area contributed by atoms with Gasteiger partial charge in [-0.25, -0.2) is 4.79 Å². The third-order valence-electron chi connectivity index (χ3n) is 1.50. The van der Waals surface area contributed by atoms with Gasteiger partial charge in [-0.05, 0) is 12.1 Å². The maximum Gasteiger partial charge on any atom is 0.411 e. The molecule has 0 aliphatic rings. The second-order valence-electron chi connectivity index (χ2n) is 2.55. The Kier molecular flexibility index (Phi) is 5.02. The lowest BCUT2D eigenvalue weighted by Gasteiger charge is -2.07. The van der Waals surface area contributed by atoms with Crippen molar-refractivity contribution >= 4 is 46.6 Å². The van der Waals surface area contributed by atoms with Gasteiger partial charge in [-0.3, -0.25) is 5.32 Å². The molecule has 82 valence electrons. The number of benzene rings is 1. The van der Waals surface area contributed by atoms with E-state index in [1.54, 1.807) is 18.2 Å². The summed E-state index contributed by atoms with van der Waals surface area (Å²) in [6.45, 7) is 0.144. The van der Waals surface area contributed by atoms with E-state index in [0.717, 1.165) is 0 Å². The second kappa shape index (κ2) is 6.05. The molecule has 0 unspecified atom stereocenters. The van der Waals surface area contributed by atoms with Crippen LogP contribution in [-0.2, 0) is 4.74 Å². The molecule has 15 heavy (non-hydrogen) atoms. The SMILES string of the molecule is O=C(Nc1cccc(Cl)c1Cl)OCCCl. The highest BCUT2D eigenvalue weighted by atomic mass is 35.5. The van der Waals surface area contributed by atoms with Crippen LogP contribution in [0.2, 0.25) is 10.0 Å². The lowest BCUT2D eigenvalue weighted by atomic mass is 10.3. The highest BCUT2D eigenvalue weighted by Crippen LogP contribution is 2.29. The van der Waals surface area contributed by atoms with Crippen molar-refractivity contribution in [3.8, 4) is 0 Å². The summed E-state index contributed by atoms with van der Waals surface area (Å²) in [6, 6.07) is 4.92. The van der Waals surface area contributed by atoms with E-state index in [2.05, 4.69) is 5.32 Å². The standard InChI is InChI=1S/C9H8Cl3NO2/c10-4-5-15-9(14)13-7-3-1-2-6(11)8(7)12/h1-3H,4-5H2,(H,13,14). The normalized spacial score (nSPS) is 9.80. The molecule has 0 atom stereocenters. The predicted molar refractivity (Wildman–Crippen MR) is 62.2 cm³/mol. The van der Waals surface area contributed by atoms with Crippen molar-refractivity contribution in [1.82, 2.24) is 0 Å². The number of ether oxygens (including phenoxy) is 1. The molecule has 0 aliphatic heterocycles. The van der Waals surface area contributed by atoms with Gasteiger partial charge in [-0.15, -0.1) is 11.6 Å². The Balaban J connectivity index is 2.64. The maximum atomic E-state index is 11.1. The number of alkyl halides is 1. The number of halogens is 3. The third-order valence-corrected chi connectivity index (χ3v) is 2.47. The van der Waals surface area contributed by atoms with Crippen LogP contribution in [0.5, 0.6) is 0 Å². The fourth-order valence-corrected chi connectivity index (χ4v) is 1.30. The lowest BCUT2D eigenvalue weighted by molar-refractivity contribution is 0.168. The molecule has 0 bridgehead atoms. The first kappa shape index (κ1) is 12.4. The third kappa shape index (κ3) is 3.78. The fourth-order valence-electron chi connectivity index (χ4n) is 0.878. The molecule has 0 fully saturated rings. The molecule has 0 saturated heterocycles. The average molecular weight is 269 g/mol. The van der Waals surface area contributed by atoms with E-state index in [4.69, 9.17) is 39.5 Å². The Hall–Kier alpha value is -0.640. The molecule has 0 spiro atoms. The number of anilines is 1. The first-order valence-electron chi connectivity index (χ1n) is 4.09. The Morgan fingerprint density at radius 1 is 1.40 bits per heavy atom. The highest BCUT2D eigenvalue weighted by molar-refractivity contribution is 6.43. The minimum atomic E-state index is -0.611. The van der Waals surface area contributed by atoms with Crippen LogP contribution < -0.4 is 5.32 Å². The van der Waals surface area contributed by atoms with E-state index >= 15 is 0 Å². The van der Waals surface area contributed by atoms with Crippen molar-refractivity contribution in [3.05, 3.63) is 28.2 Å². The number of nitrogens with one attached hydrogen (secondary N) is 1. The maximum absolute atomic E-state index is 11.1. The monoisotopic (exact) mass is 267 g/mol. The van der Waals surface area contributed by atoms with E-state index < -0.39 is 6.09 Å². The minimum absolute atomic E-state index is 0.144. The minimum Gasteiger partial charge on any atom is -0.448 e. The first-order valence-corrected chi connectivity index (χ1v) is 5.38. The molecule has 1 aromatic carbocycles. The zero-order valence-corrected chi connectivity index (χ0v) is 9.86. The van der Waals surface area contributed by atoms with Crippen LogP contribution in [0.15, 0.2) is 18.2 Å². The van der Waals surface area contributed by atoms with Gasteiger partial charge in [0.15, 0.2) is 0 Å². The summed E-state index contributed by atoms with van der Waals surface area (Å²) >= 11 is 17.0. The Morgan fingerprint density at radius 2 is 2.13 bits per heavy atom. The number of carbonyl (C=O) groups excluding carboxylic acids is 1. The summed E-state index contributed by atoms with van der Waals surface area (Å²) in [6.07, 6.45) is -0.611. The van der Waals surface area contributed by atoms with E-state index in [1.807, 2.05) is 0 Å². The van der Waals surface area contributed by atoms with Gasteiger partial charge in [0.1, 0.15) is 6.61 Å². The molecule has 3 nitrogen and oxygen atoms in total. The molecule has 0 radical (unpaired) electrons. The van der Waals surface area contributed by atoms with Crippen LogP contribution in [-0.4, -0.2) is 18.6 Å². The number of rotatable bonds is 3. The number of hydrogen-bond acceptors (Lipinski definition) is 2. The molecule has 0 aliphatic carbocycles. The molecular formula is C9H8Cl3NO2. The van der Waals surface area contributed by atoms with Crippen LogP contribution in [0.25, 0.3) is 0 Å². The van der Waals surface area contributed by atoms with E-state index in [9.17, 15) is 4.79 Å². The summed E-state index contributed by atoms with van der Waals surface area (Å²) < 4.78 is 4.71. The zero-order chi connectivity index (χ0) is 11.3. The lowest BCUT2D eigenvalue weighted by Crippen LogP contribution is -2.15. The van der Waals surface area contributed by atoms with E-state index in [1.165, 1.54) is 0 Å². The summed E-state index contributed by atoms with van der Waals surface area (Å²) in [5.41, 5.74) is 0.406. The molecule has 1 aromatic rings. The second-order valence-corrected chi connectivity index (χ2v) is 3.71. The Morgan fingerprint density at radius 3 is 2.80 bits per heavy atom. The molecule has 1 rings (SSSR count). The van der Waals surface area contributed by atoms with Crippen molar-refractivity contribution in [2.24, 2.45) is 0 Å². The number of amides is 1. The van der Waals surface area contributed by atoms with E-state index in [-0.39, 0.29) is 17.5 Å². The van der Waals surface area contributed by atoms with Crippen LogP contribution >= 0.6 is 34.8 Å². The first-order chi connectivity index (χ1) is 7.15. The zero-order valence-electron chi connectivity index (χ0n) is 7.60. The molecule has 1 amide bonds. The van der Waals surface area contributed by atoms with Gasteiger partial charge in [0.05, 0.1) is 21.6 Å². The molecular weight excluding hydrogens is 260 g/mol. The van der Waals surface area contributed by atoms with Crippen molar-refractivity contribution < 1.29 is 9.53 Å². The fraction of sp³-hybridized carbons (Fsp3) is 0.222. The van der Waals surface area contributed by atoms with Crippen molar-refractivity contribution in [1.29, 1.82) is 0 Å². The summed E-state index contributed by atoms with van der Waals surface area (Å²) in [5.74, 6) is 0.247. The van der Waals surface area contributed by atoms with Crippen LogP contribution in [0, 0.1) is 0 Å². The number of hydrogen-bond donors (Lipinski definition) is 1. The van der Waals surface area contributed by atoms with Crippen LogP contribution in [0.1, 0.15) is 0 Å². The predicted octanol–water partition coefficient (Wildman–Crippen LogP) is 3.78. The molecule has 0 aromatic heterocycles. The quantitative estimate of drug-likeness (QED) is 0.847. The van der Waals surface area contributed by atoms with Crippen LogP contribution in [0.4, 0.5) is 10.5 Å². The molecule has 0 saturated carbocycles. The summed E-state index contributed by atoms with van der Waals surface area (Å²) in [5, 5.41) is 3.10. The summed E-state index contributed by atoms with van der Waals surface area (Å²) in [7, 11) is 0. The van der Waals surface area contributed by atoms with Gasteiger partial charge >= 0.3 is 6.09 Å². The number of carbonyl (C=O) groups is 1. The van der Waals surface area contributed by atoms with Gasteiger partial charge in [-0.1, -0.05) is 29.3 Å². The van der Waals surface area contributed by atoms with E-state index in [0.29, 0.717) is 10.7 Å². The average Bonchev–Trinajstić information content (AvgIpc) is 2.22. The van der Waals surface area contributed by atoms with Gasteiger partial charge in [0.2, 0.25) is 0 Å². The van der Waals surface area contributed by atoms with Gasteiger partial charge in [-0.2, -0.15) is 0 Å². The topological polar surface area (TPSA) is 38.3 Å². The highest BCUT2D eigenvalue weighted by Gasteiger charge is 2.08.